The van der Waals surface area contributed by atoms with Gasteiger partial charge in [-0.1, -0.05) is 12.1 Å². The quantitative estimate of drug-likeness (QED) is 0.376. The Morgan fingerprint density at radius 3 is 2.68 bits per heavy atom. The molecular formula is C18H26FIN4S. The van der Waals surface area contributed by atoms with Gasteiger partial charge in [-0.05, 0) is 50.2 Å². The standard InChI is InChI=1S/C18H25FN4S.HI/c1-13(17-6-5-9-24-17)22-18(20-2)21-11-14-7-8-16(19)15(10-14)12-23(3)4;/h5-10,13H,11-12H2,1-4H3,(H2,20,21,22);1H. The number of hydrogen-bond donors (Lipinski definition) is 2. The molecule has 4 nitrogen and oxygen atoms in total. The highest BCUT2D eigenvalue weighted by atomic mass is 127. The summed E-state index contributed by atoms with van der Waals surface area (Å²) >= 11 is 1.72. The van der Waals surface area contributed by atoms with Gasteiger partial charge in [0.1, 0.15) is 5.82 Å². The molecule has 0 bridgehead atoms. The van der Waals surface area contributed by atoms with Crippen LogP contribution in [0.25, 0.3) is 0 Å². The van der Waals surface area contributed by atoms with E-state index in [4.69, 9.17) is 0 Å². The highest BCUT2D eigenvalue weighted by Crippen LogP contribution is 2.18. The summed E-state index contributed by atoms with van der Waals surface area (Å²) in [6.07, 6.45) is 0. The Morgan fingerprint density at radius 1 is 1.32 bits per heavy atom. The minimum atomic E-state index is -0.165. The maximum atomic E-state index is 13.8. The van der Waals surface area contributed by atoms with Gasteiger partial charge in [-0.2, -0.15) is 0 Å². The summed E-state index contributed by atoms with van der Waals surface area (Å²) in [6, 6.07) is 9.56. The fourth-order valence-electron chi connectivity index (χ4n) is 2.39. The average molecular weight is 476 g/mol. The molecule has 0 aliphatic heterocycles. The molecule has 0 amide bonds. The Morgan fingerprint density at radius 2 is 2.08 bits per heavy atom. The van der Waals surface area contributed by atoms with Gasteiger partial charge < -0.3 is 15.5 Å². The average Bonchev–Trinajstić information content (AvgIpc) is 3.08. The van der Waals surface area contributed by atoms with Gasteiger partial charge in [0.25, 0.3) is 0 Å². The van der Waals surface area contributed by atoms with E-state index in [9.17, 15) is 4.39 Å². The fourth-order valence-corrected chi connectivity index (χ4v) is 3.13. The van der Waals surface area contributed by atoms with Crippen LogP contribution < -0.4 is 10.6 Å². The van der Waals surface area contributed by atoms with Crippen molar-refractivity contribution in [2.45, 2.75) is 26.1 Å². The first-order valence-electron chi connectivity index (χ1n) is 7.92. The number of nitrogens with zero attached hydrogens (tertiary/aromatic N) is 2. The van der Waals surface area contributed by atoms with E-state index in [1.165, 1.54) is 10.9 Å². The van der Waals surface area contributed by atoms with Gasteiger partial charge in [-0.25, -0.2) is 4.39 Å². The van der Waals surface area contributed by atoms with E-state index in [0.29, 0.717) is 18.7 Å². The lowest BCUT2D eigenvalue weighted by molar-refractivity contribution is 0.392. The fraction of sp³-hybridized carbons (Fsp3) is 0.389. The van der Waals surface area contributed by atoms with Crippen LogP contribution in [0.15, 0.2) is 40.7 Å². The van der Waals surface area contributed by atoms with Crippen LogP contribution >= 0.6 is 35.3 Å². The monoisotopic (exact) mass is 476 g/mol. The van der Waals surface area contributed by atoms with Gasteiger partial charge in [-0.15, -0.1) is 35.3 Å². The third-order valence-electron chi connectivity index (χ3n) is 3.60. The summed E-state index contributed by atoms with van der Waals surface area (Å²) in [5.41, 5.74) is 1.73. The molecule has 1 aromatic carbocycles. The predicted molar refractivity (Wildman–Crippen MR) is 115 cm³/mol. The molecule has 0 spiro atoms. The van der Waals surface area contributed by atoms with Gasteiger partial charge in [-0.3, -0.25) is 4.99 Å². The zero-order valence-corrected chi connectivity index (χ0v) is 18.2. The summed E-state index contributed by atoms with van der Waals surface area (Å²) in [5, 5.41) is 8.71. The number of halogens is 2. The molecule has 0 saturated heterocycles. The predicted octanol–water partition coefficient (Wildman–Crippen LogP) is 3.99. The molecule has 0 aliphatic carbocycles. The van der Waals surface area contributed by atoms with Gasteiger partial charge in [0, 0.05) is 30.6 Å². The number of hydrogen-bond acceptors (Lipinski definition) is 3. The summed E-state index contributed by atoms with van der Waals surface area (Å²) < 4.78 is 13.8. The zero-order valence-electron chi connectivity index (χ0n) is 15.0. The van der Waals surface area contributed by atoms with E-state index >= 15 is 0 Å². The summed E-state index contributed by atoms with van der Waals surface area (Å²) in [6.45, 7) is 3.28. The number of nitrogens with one attached hydrogen (secondary N) is 2. The van der Waals surface area contributed by atoms with Crippen molar-refractivity contribution in [3.63, 3.8) is 0 Å². The first-order chi connectivity index (χ1) is 11.5. The van der Waals surface area contributed by atoms with Crippen molar-refractivity contribution in [2.75, 3.05) is 21.1 Å². The Hall–Kier alpha value is -1.19. The normalized spacial score (nSPS) is 12.6. The molecule has 1 heterocycles. The Labute approximate surface area is 170 Å². The second-order valence-corrected chi connectivity index (χ2v) is 6.95. The van der Waals surface area contributed by atoms with Crippen molar-refractivity contribution in [2.24, 2.45) is 4.99 Å². The van der Waals surface area contributed by atoms with Crippen LogP contribution in [-0.4, -0.2) is 32.0 Å². The molecule has 0 aliphatic rings. The van der Waals surface area contributed by atoms with Crippen LogP contribution in [0.2, 0.25) is 0 Å². The minimum absolute atomic E-state index is 0. The molecule has 1 atom stereocenters. The lowest BCUT2D eigenvalue weighted by Gasteiger charge is -2.17. The molecule has 0 saturated carbocycles. The largest absolute Gasteiger partial charge is 0.352 e. The second kappa shape index (κ2) is 10.7. The number of guanidine groups is 1. The number of thiophene rings is 1. The van der Waals surface area contributed by atoms with Gasteiger partial charge in [0.05, 0.1) is 6.04 Å². The highest BCUT2D eigenvalue weighted by molar-refractivity contribution is 14.0. The maximum absolute atomic E-state index is 13.8. The summed E-state index contributed by atoms with van der Waals surface area (Å²) in [7, 11) is 5.61. The van der Waals surface area contributed by atoms with E-state index in [1.54, 1.807) is 24.5 Å². The van der Waals surface area contributed by atoms with Crippen molar-refractivity contribution >= 4 is 41.3 Å². The second-order valence-electron chi connectivity index (χ2n) is 5.97. The molecule has 1 aromatic heterocycles. The molecule has 25 heavy (non-hydrogen) atoms. The zero-order chi connectivity index (χ0) is 17.5. The number of aliphatic imine (C=N–C) groups is 1. The van der Waals surface area contributed by atoms with Crippen molar-refractivity contribution in [1.29, 1.82) is 0 Å². The third kappa shape index (κ3) is 6.91. The molecule has 0 radical (unpaired) electrons. The lowest BCUT2D eigenvalue weighted by atomic mass is 10.1. The first-order valence-corrected chi connectivity index (χ1v) is 8.80. The molecule has 2 aromatic rings. The highest BCUT2D eigenvalue weighted by Gasteiger charge is 2.09. The first kappa shape index (κ1) is 21.9. The minimum Gasteiger partial charge on any atom is -0.352 e. The third-order valence-corrected chi connectivity index (χ3v) is 4.66. The van der Waals surface area contributed by atoms with E-state index in [1.807, 2.05) is 31.1 Å². The van der Waals surface area contributed by atoms with Crippen molar-refractivity contribution in [3.05, 3.63) is 57.5 Å². The topological polar surface area (TPSA) is 39.7 Å². The van der Waals surface area contributed by atoms with Crippen molar-refractivity contribution < 1.29 is 4.39 Å². The molecule has 138 valence electrons. The van der Waals surface area contributed by atoms with Gasteiger partial charge >= 0.3 is 0 Å². The van der Waals surface area contributed by atoms with Crippen LogP contribution in [0.5, 0.6) is 0 Å². The number of benzene rings is 1. The number of rotatable bonds is 6. The Kier molecular flexibility index (Phi) is 9.37. The molecule has 2 N–H and O–H groups in total. The van der Waals surface area contributed by atoms with Gasteiger partial charge in [0.15, 0.2) is 5.96 Å². The van der Waals surface area contributed by atoms with E-state index in [-0.39, 0.29) is 35.8 Å². The van der Waals surface area contributed by atoms with Crippen LogP contribution in [0.1, 0.15) is 29.0 Å². The lowest BCUT2D eigenvalue weighted by Crippen LogP contribution is -2.38. The summed E-state index contributed by atoms with van der Waals surface area (Å²) in [5.74, 6) is 0.565. The van der Waals surface area contributed by atoms with E-state index < -0.39 is 0 Å². The summed E-state index contributed by atoms with van der Waals surface area (Å²) in [4.78, 5) is 7.47. The SMILES string of the molecule is CN=C(NCc1ccc(F)c(CN(C)C)c1)NC(C)c1cccs1.I. The molecule has 7 heteroatoms. The maximum Gasteiger partial charge on any atom is 0.191 e. The smallest absolute Gasteiger partial charge is 0.191 e. The molecule has 0 fully saturated rings. The van der Waals surface area contributed by atoms with Crippen LogP contribution in [0, 0.1) is 5.82 Å². The van der Waals surface area contributed by atoms with Crippen LogP contribution in [-0.2, 0) is 13.1 Å². The van der Waals surface area contributed by atoms with Gasteiger partial charge in [0.2, 0.25) is 0 Å². The molecule has 2 rings (SSSR count). The Balaban J connectivity index is 0.00000312. The Bertz CT molecular complexity index is 674. The van der Waals surface area contributed by atoms with E-state index in [2.05, 4.69) is 34.0 Å². The van der Waals surface area contributed by atoms with E-state index in [0.717, 1.165) is 11.5 Å². The van der Waals surface area contributed by atoms with Crippen molar-refractivity contribution in [3.8, 4) is 0 Å². The molecule has 1 unspecified atom stereocenters. The molecular weight excluding hydrogens is 450 g/mol. The van der Waals surface area contributed by atoms with Crippen molar-refractivity contribution in [1.82, 2.24) is 15.5 Å². The van der Waals surface area contributed by atoms with Crippen LogP contribution in [0.4, 0.5) is 4.39 Å². The van der Waals surface area contributed by atoms with Crippen LogP contribution in [0.3, 0.4) is 0 Å².